The van der Waals surface area contributed by atoms with Crippen LogP contribution in [0.1, 0.15) is 31.2 Å². The van der Waals surface area contributed by atoms with Gasteiger partial charge in [0.25, 0.3) is 0 Å². The van der Waals surface area contributed by atoms with Crippen LogP contribution in [0.15, 0.2) is 23.1 Å². The number of amides is 1. The topological polar surface area (TPSA) is 92.5 Å². The van der Waals surface area contributed by atoms with Crippen molar-refractivity contribution in [3.05, 3.63) is 28.8 Å². The SMILES string of the molecule is Cc1ccc(S(=O)(=O)N2CCCCC2CNC(=O)CCN)cc1Cl.Cl. The molecule has 142 valence electrons. The lowest BCUT2D eigenvalue weighted by atomic mass is 10.1. The Kier molecular flexibility index (Phi) is 8.63. The predicted octanol–water partition coefficient (Wildman–Crippen LogP) is 2.08. The lowest BCUT2D eigenvalue weighted by Gasteiger charge is -2.34. The Balaban J connectivity index is 0.00000312. The van der Waals surface area contributed by atoms with Gasteiger partial charge in [0.2, 0.25) is 15.9 Å². The number of nitrogens with zero attached hydrogens (tertiary/aromatic N) is 1. The number of nitrogens with two attached hydrogens (primary N) is 1. The molecule has 25 heavy (non-hydrogen) atoms. The van der Waals surface area contributed by atoms with Crippen molar-refractivity contribution >= 4 is 39.9 Å². The van der Waals surface area contributed by atoms with Crippen molar-refractivity contribution < 1.29 is 13.2 Å². The minimum atomic E-state index is -3.64. The summed E-state index contributed by atoms with van der Waals surface area (Å²) in [4.78, 5) is 11.8. The van der Waals surface area contributed by atoms with Crippen LogP contribution < -0.4 is 11.1 Å². The second-order valence-electron chi connectivity index (χ2n) is 6.02. The number of piperidine rings is 1. The third kappa shape index (κ3) is 5.56. The number of sulfonamides is 1. The largest absolute Gasteiger partial charge is 0.354 e. The standard InChI is InChI=1S/C16H24ClN3O3S.ClH/c1-12-5-6-14(10-15(12)17)24(22,23)20-9-3-2-4-13(20)11-19-16(21)7-8-18;/h5-6,10,13H,2-4,7-9,11,18H2,1H3,(H,19,21);1H. The van der Waals surface area contributed by atoms with Gasteiger partial charge in [-0.3, -0.25) is 4.79 Å². The fourth-order valence-corrected chi connectivity index (χ4v) is 4.78. The Bertz CT molecular complexity index is 698. The first-order chi connectivity index (χ1) is 11.4. The molecule has 0 radical (unpaired) electrons. The third-order valence-electron chi connectivity index (χ3n) is 4.23. The zero-order chi connectivity index (χ0) is 17.7. The molecule has 1 aromatic carbocycles. The van der Waals surface area contributed by atoms with Gasteiger partial charge in [0.15, 0.2) is 0 Å². The molecule has 1 heterocycles. The molecule has 1 aromatic rings. The molecule has 1 fully saturated rings. The maximum Gasteiger partial charge on any atom is 0.243 e. The van der Waals surface area contributed by atoms with Gasteiger partial charge in [0.05, 0.1) is 4.90 Å². The van der Waals surface area contributed by atoms with E-state index in [2.05, 4.69) is 5.32 Å². The average molecular weight is 410 g/mol. The van der Waals surface area contributed by atoms with Gasteiger partial charge >= 0.3 is 0 Å². The van der Waals surface area contributed by atoms with Gasteiger partial charge in [-0.15, -0.1) is 12.4 Å². The molecule has 0 bridgehead atoms. The van der Waals surface area contributed by atoms with Crippen LogP contribution >= 0.6 is 24.0 Å². The summed E-state index contributed by atoms with van der Waals surface area (Å²) in [6, 6.07) is 4.53. The fourth-order valence-electron chi connectivity index (χ4n) is 2.82. The lowest BCUT2D eigenvalue weighted by Crippen LogP contribution is -2.49. The Labute approximate surface area is 160 Å². The van der Waals surface area contributed by atoms with Gasteiger partial charge in [-0.2, -0.15) is 4.31 Å². The maximum atomic E-state index is 13.0. The number of hydrogen-bond donors (Lipinski definition) is 2. The molecule has 0 aliphatic carbocycles. The minimum absolute atomic E-state index is 0. The van der Waals surface area contributed by atoms with Crippen molar-refractivity contribution in [3.8, 4) is 0 Å². The zero-order valence-electron chi connectivity index (χ0n) is 14.2. The maximum absolute atomic E-state index is 13.0. The summed E-state index contributed by atoms with van der Waals surface area (Å²) >= 11 is 6.08. The van der Waals surface area contributed by atoms with E-state index in [4.69, 9.17) is 17.3 Å². The van der Waals surface area contributed by atoms with Crippen LogP contribution in [-0.2, 0) is 14.8 Å². The van der Waals surface area contributed by atoms with Gasteiger partial charge in [0.1, 0.15) is 0 Å². The summed E-state index contributed by atoms with van der Waals surface area (Å²) in [5, 5.41) is 3.21. The number of aryl methyl sites for hydroxylation is 1. The van der Waals surface area contributed by atoms with E-state index < -0.39 is 10.0 Å². The number of halogens is 2. The van der Waals surface area contributed by atoms with Gasteiger partial charge in [-0.05, 0) is 37.5 Å². The molecule has 3 N–H and O–H groups in total. The van der Waals surface area contributed by atoms with Crippen LogP contribution in [0.3, 0.4) is 0 Å². The highest BCUT2D eigenvalue weighted by Crippen LogP contribution is 2.27. The monoisotopic (exact) mass is 409 g/mol. The van der Waals surface area contributed by atoms with Gasteiger partial charge in [0, 0.05) is 37.1 Å². The molecule has 9 heteroatoms. The first kappa shape index (κ1) is 22.2. The second-order valence-corrected chi connectivity index (χ2v) is 8.32. The van der Waals surface area contributed by atoms with E-state index in [0.29, 0.717) is 18.1 Å². The highest BCUT2D eigenvalue weighted by molar-refractivity contribution is 7.89. The Hall–Kier alpha value is -0.860. The summed E-state index contributed by atoms with van der Waals surface area (Å²) < 4.78 is 27.4. The predicted molar refractivity (Wildman–Crippen MR) is 102 cm³/mol. The number of nitrogens with one attached hydrogen (secondary N) is 1. The smallest absolute Gasteiger partial charge is 0.243 e. The van der Waals surface area contributed by atoms with E-state index in [9.17, 15) is 13.2 Å². The number of benzene rings is 1. The Morgan fingerprint density at radius 3 is 2.76 bits per heavy atom. The summed E-state index contributed by atoms with van der Waals surface area (Å²) in [5.74, 6) is -0.154. The first-order valence-electron chi connectivity index (χ1n) is 8.11. The molecule has 1 amide bonds. The highest BCUT2D eigenvalue weighted by atomic mass is 35.5. The number of carbonyl (C=O) groups excluding carboxylic acids is 1. The van der Waals surface area contributed by atoms with Gasteiger partial charge < -0.3 is 11.1 Å². The summed E-state index contributed by atoms with van der Waals surface area (Å²) in [6.45, 7) is 2.86. The van der Waals surface area contributed by atoms with E-state index >= 15 is 0 Å². The minimum Gasteiger partial charge on any atom is -0.354 e. The first-order valence-corrected chi connectivity index (χ1v) is 9.93. The summed E-state index contributed by atoms with van der Waals surface area (Å²) in [5.41, 5.74) is 6.19. The molecule has 1 atom stereocenters. The number of carbonyl (C=O) groups is 1. The summed E-state index contributed by atoms with van der Waals surface area (Å²) in [6.07, 6.45) is 2.72. The Morgan fingerprint density at radius 1 is 1.40 bits per heavy atom. The molecule has 1 unspecified atom stereocenters. The molecule has 0 saturated carbocycles. The fraction of sp³-hybridized carbons (Fsp3) is 0.562. The quantitative estimate of drug-likeness (QED) is 0.751. The average Bonchev–Trinajstić information content (AvgIpc) is 2.56. The van der Waals surface area contributed by atoms with Crippen molar-refractivity contribution in [2.75, 3.05) is 19.6 Å². The van der Waals surface area contributed by atoms with E-state index in [1.165, 1.54) is 10.4 Å². The zero-order valence-corrected chi connectivity index (χ0v) is 16.6. The Morgan fingerprint density at radius 2 is 2.12 bits per heavy atom. The van der Waals surface area contributed by atoms with Gasteiger partial charge in [-0.25, -0.2) is 8.42 Å². The molecule has 0 spiro atoms. The third-order valence-corrected chi connectivity index (χ3v) is 6.58. The van der Waals surface area contributed by atoms with Crippen molar-refractivity contribution in [3.63, 3.8) is 0 Å². The summed E-state index contributed by atoms with van der Waals surface area (Å²) in [7, 11) is -3.64. The van der Waals surface area contributed by atoms with Crippen LogP contribution in [0, 0.1) is 6.92 Å². The van der Waals surface area contributed by atoms with Crippen molar-refractivity contribution in [2.24, 2.45) is 5.73 Å². The van der Waals surface area contributed by atoms with Crippen molar-refractivity contribution in [1.82, 2.24) is 9.62 Å². The molecule has 0 aromatic heterocycles. The van der Waals surface area contributed by atoms with Crippen LogP contribution in [-0.4, -0.2) is 44.3 Å². The van der Waals surface area contributed by atoms with Crippen molar-refractivity contribution in [1.29, 1.82) is 0 Å². The highest BCUT2D eigenvalue weighted by Gasteiger charge is 2.33. The molecule has 1 saturated heterocycles. The van der Waals surface area contributed by atoms with Crippen molar-refractivity contribution in [2.45, 2.75) is 43.5 Å². The molecular weight excluding hydrogens is 385 g/mol. The molecular formula is C16H25Cl2N3O3S. The lowest BCUT2D eigenvalue weighted by molar-refractivity contribution is -0.121. The second kappa shape index (κ2) is 9.73. The molecule has 2 rings (SSSR count). The van der Waals surface area contributed by atoms with Crippen LogP contribution in [0.4, 0.5) is 0 Å². The van der Waals surface area contributed by atoms with E-state index in [0.717, 1.165) is 24.8 Å². The van der Waals surface area contributed by atoms with Gasteiger partial charge in [-0.1, -0.05) is 24.1 Å². The van der Waals surface area contributed by atoms with Crippen LogP contribution in [0.25, 0.3) is 0 Å². The van der Waals surface area contributed by atoms with E-state index in [1.807, 2.05) is 6.92 Å². The molecule has 1 aliphatic rings. The normalized spacial score (nSPS) is 18.4. The molecule has 6 nitrogen and oxygen atoms in total. The number of rotatable bonds is 6. The van der Waals surface area contributed by atoms with E-state index in [1.54, 1.807) is 12.1 Å². The van der Waals surface area contributed by atoms with E-state index in [-0.39, 0.29) is 42.2 Å². The van der Waals surface area contributed by atoms with Crippen LogP contribution in [0.5, 0.6) is 0 Å². The van der Waals surface area contributed by atoms with Crippen LogP contribution in [0.2, 0.25) is 5.02 Å². The molecule has 1 aliphatic heterocycles. The number of hydrogen-bond acceptors (Lipinski definition) is 4.